The van der Waals surface area contributed by atoms with Gasteiger partial charge >= 0.3 is 0 Å². The zero-order valence-corrected chi connectivity index (χ0v) is 19.3. The molecule has 32 heavy (non-hydrogen) atoms. The van der Waals surface area contributed by atoms with Crippen molar-refractivity contribution in [3.05, 3.63) is 59.8 Å². The number of anilines is 1. The number of carbonyl (C=O) groups is 1. The minimum atomic E-state index is -0.706. The molecule has 1 aliphatic carbocycles. The Hall–Kier alpha value is -3.50. The van der Waals surface area contributed by atoms with Gasteiger partial charge in [0.2, 0.25) is 5.13 Å². The Bertz CT molecular complexity index is 1360. The molecule has 0 spiro atoms. The van der Waals surface area contributed by atoms with E-state index in [-0.39, 0.29) is 5.78 Å². The molecule has 0 saturated heterocycles. The van der Waals surface area contributed by atoms with Crippen LogP contribution in [0.25, 0.3) is 26.6 Å². The van der Waals surface area contributed by atoms with E-state index in [0.29, 0.717) is 17.7 Å². The highest BCUT2D eigenvalue weighted by Gasteiger charge is 2.45. The Balaban J connectivity index is 1.75. The molecule has 5 rings (SSSR count). The molecular weight excluding hydrogens is 418 g/mol. The first-order valence-corrected chi connectivity index (χ1v) is 11.3. The first-order chi connectivity index (χ1) is 15.3. The second-order valence-corrected chi connectivity index (χ2v) is 10.1. The zero-order valence-electron chi connectivity index (χ0n) is 18.5. The van der Waals surface area contributed by atoms with Crippen molar-refractivity contribution >= 4 is 33.0 Å². The third kappa shape index (κ3) is 3.10. The van der Waals surface area contributed by atoms with Crippen LogP contribution in [0.2, 0.25) is 0 Å². The average molecular weight is 442 g/mol. The lowest BCUT2D eigenvalue weighted by Gasteiger charge is -2.33. The molecule has 0 saturated carbocycles. The number of aromatic nitrogens is 3. The summed E-state index contributed by atoms with van der Waals surface area (Å²) in [6, 6.07) is 18.2. The predicted molar refractivity (Wildman–Crippen MR) is 127 cm³/mol. The van der Waals surface area contributed by atoms with Gasteiger partial charge in [0.25, 0.3) is 0 Å². The fourth-order valence-corrected chi connectivity index (χ4v) is 5.31. The number of hydrogen-bond acceptors (Lipinski definition) is 6. The molecule has 2 heterocycles. The maximum Gasteiger partial charge on any atom is 0.211 e. The summed E-state index contributed by atoms with van der Waals surface area (Å²) in [6.45, 7) is 3.95. The van der Waals surface area contributed by atoms with E-state index in [1.807, 2.05) is 86.1 Å². The van der Waals surface area contributed by atoms with Crippen molar-refractivity contribution in [1.82, 2.24) is 14.8 Å². The van der Waals surface area contributed by atoms with Crippen LogP contribution in [-0.4, -0.2) is 34.6 Å². The molecule has 6 nitrogen and oxygen atoms in total. The predicted octanol–water partition coefficient (Wildman–Crippen LogP) is 5.12. The molecule has 1 unspecified atom stereocenters. The summed E-state index contributed by atoms with van der Waals surface area (Å²) in [7, 11) is 3.98. The number of ketones is 1. The van der Waals surface area contributed by atoms with Crippen LogP contribution in [0.4, 0.5) is 5.69 Å². The summed E-state index contributed by atoms with van der Waals surface area (Å²) in [5.74, 6) is -0.861. The molecule has 0 radical (unpaired) electrons. The molecule has 2 aromatic carbocycles. The monoisotopic (exact) mass is 441 g/mol. The Morgan fingerprint density at radius 1 is 1.16 bits per heavy atom. The third-order valence-corrected chi connectivity index (χ3v) is 7.16. The van der Waals surface area contributed by atoms with Crippen LogP contribution >= 0.6 is 11.3 Å². The lowest BCUT2D eigenvalue weighted by molar-refractivity contribution is 0.0835. The molecular formula is C25H23N5OS. The summed E-state index contributed by atoms with van der Waals surface area (Å²) in [5, 5.41) is 15.4. The summed E-state index contributed by atoms with van der Waals surface area (Å²) < 4.78 is 2.89. The highest BCUT2D eigenvalue weighted by molar-refractivity contribution is 7.20. The summed E-state index contributed by atoms with van der Waals surface area (Å²) >= 11 is 1.55. The van der Waals surface area contributed by atoms with E-state index in [1.165, 1.54) is 0 Å². The largest absolute Gasteiger partial charge is 0.378 e. The summed E-state index contributed by atoms with van der Waals surface area (Å²) in [5.41, 5.74) is 4.34. The molecule has 4 aromatic rings. The van der Waals surface area contributed by atoms with E-state index in [4.69, 9.17) is 10.1 Å². The van der Waals surface area contributed by atoms with Crippen molar-refractivity contribution in [1.29, 1.82) is 5.26 Å². The molecule has 0 bridgehead atoms. The fraction of sp³-hybridized carbons (Fsp3) is 0.280. The molecule has 160 valence electrons. The van der Waals surface area contributed by atoms with Crippen LogP contribution in [-0.2, 0) is 6.42 Å². The summed E-state index contributed by atoms with van der Waals surface area (Å²) in [6.07, 6.45) is 0.574. The van der Waals surface area contributed by atoms with Crippen molar-refractivity contribution in [3.8, 4) is 22.5 Å². The van der Waals surface area contributed by atoms with Gasteiger partial charge in [0.05, 0.1) is 27.5 Å². The van der Waals surface area contributed by atoms with E-state index in [2.05, 4.69) is 6.07 Å². The van der Waals surface area contributed by atoms with E-state index < -0.39 is 11.3 Å². The van der Waals surface area contributed by atoms with Gasteiger partial charge in [-0.1, -0.05) is 49.4 Å². The minimum absolute atomic E-state index is 0.155. The number of thiazole rings is 1. The molecule has 0 fully saturated rings. The molecule has 7 heteroatoms. The highest BCUT2D eigenvalue weighted by Crippen LogP contribution is 2.44. The Morgan fingerprint density at radius 3 is 2.53 bits per heavy atom. The van der Waals surface area contributed by atoms with E-state index in [1.54, 1.807) is 11.3 Å². The van der Waals surface area contributed by atoms with Crippen molar-refractivity contribution < 1.29 is 4.79 Å². The minimum Gasteiger partial charge on any atom is -0.378 e. The number of nitrogens with zero attached hydrogens (tertiary/aromatic N) is 5. The van der Waals surface area contributed by atoms with Gasteiger partial charge in [-0.2, -0.15) is 10.4 Å². The fourth-order valence-electron chi connectivity index (χ4n) is 4.37. The van der Waals surface area contributed by atoms with Crippen LogP contribution in [0.3, 0.4) is 0 Å². The number of para-hydroxylation sites is 1. The third-order valence-electron chi connectivity index (χ3n) is 6.14. The number of hydrogen-bond donors (Lipinski definition) is 0. The van der Waals surface area contributed by atoms with Gasteiger partial charge in [0, 0.05) is 25.3 Å². The molecule has 1 aliphatic rings. The highest BCUT2D eigenvalue weighted by atomic mass is 32.1. The van der Waals surface area contributed by atoms with Gasteiger partial charge < -0.3 is 4.90 Å². The topological polar surface area (TPSA) is 74.8 Å². The Labute approximate surface area is 190 Å². The maximum atomic E-state index is 13.5. The first kappa shape index (κ1) is 20.4. The zero-order chi connectivity index (χ0) is 22.6. The standard InChI is InChI=1S/C25H23N5OS/c1-25(2)13-19-21(23(31)17(25)14-26)22(15-9-11-16(12-10-15)29(3)4)28-30(19)24-27-18-7-5-6-8-20(18)32-24/h5-12,17H,13H2,1-4H3. The Morgan fingerprint density at radius 2 is 1.88 bits per heavy atom. The number of rotatable bonds is 3. The quantitative estimate of drug-likeness (QED) is 0.441. The van der Waals surface area contributed by atoms with Gasteiger partial charge in [-0.15, -0.1) is 0 Å². The molecule has 0 N–H and O–H groups in total. The lowest BCUT2D eigenvalue weighted by atomic mass is 9.67. The second kappa shape index (κ2) is 7.28. The van der Waals surface area contributed by atoms with Crippen molar-refractivity contribution in [2.75, 3.05) is 19.0 Å². The van der Waals surface area contributed by atoms with E-state index >= 15 is 0 Å². The van der Waals surface area contributed by atoms with Crippen molar-refractivity contribution in [2.45, 2.75) is 20.3 Å². The number of benzene rings is 2. The molecule has 1 atom stereocenters. The van der Waals surface area contributed by atoms with Crippen molar-refractivity contribution in [2.24, 2.45) is 11.3 Å². The summed E-state index contributed by atoms with van der Waals surface area (Å²) in [4.78, 5) is 20.4. The number of carbonyl (C=O) groups excluding carboxylic acids is 1. The van der Waals surface area contributed by atoms with Crippen LogP contribution in [0.15, 0.2) is 48.5 Å². The van der Waals surface area contributed by atoms with Crippen LogP contribution in [0, 0.1) is 22.7 Å². The van der Waals surface area contributed by atoms with Gasteiger partial charge in [-0.05, 0) is 36.1 Å². The Kier molecular flexibility index (Phi) is 4.64. The first-order valence-electron chi connectivity index (χ1n) is 10.5. The lowest BCUT2D eigenvalue weighted by Crippen LogP contribution is -2.37. The molecule has 2 aromatic heterocycles. The molecule has 0 aliphatic heterocycles. The van der Waals surface area contributed by atoms with Gasteiger partial charge in [0.1, 0.15) is 11.6 Å². The number of nitriles is 1. The van der Waals surface area contributed by atoms with Gasteiger partial charge in [0.15, 0.2) is 5.78 Å². The number of fused-ring (bicyclic) bond motifs is 2. The van der Waals surface area contributed by atoms with Crippen LogP contribution in [0.5, 0.6) is 0 Å². The normalized spacial score (nSPS) is 17.2. The number of Topliss-reactive ketones (excluding diaryl/α,β-unsaturated/α-hetero) is 1. The van der Waals surface area contributed by atoms with Gasteiger partial charge in [-0.3, -0.25) is 4.79 Å². The van der Waals surface area contributed by atoms with Gasteiger partial charge in [-0.25, -0.2) is 9.67 Å². The second-order valence-electron chi connectivity index (χ2n) is 9.08. The SMILES string of the molecule is CN(C)c1ccc(-c2nn(-c3nc4ccccc4s3)c3c2C(=O)C(C#N)C(C)(C)C3)cc1. The van der Waals surface area contributed by atoms with E-state index in [9.17, 15) is 10.1 Å². The van der Waals surface area contributed by atoms with E-state index in [0.717, 1.165) is 32.3 Å². The maximum absolute atomic E-state index is 13.5. The smallest absolute Gasteiger partial charge is 0.211 e. The van der Waals surface area contributed by atoms with Crippen LogP contribution in [0.1, 0.15) is 29.9 Å². The molecule has 0 amide bonds. The average Bonchev–Trinajstić information content (AvgIpc) is 3.34. The van der Waals surface area contributed by atoms with Crippen molar-refractivity contribution in [3.63, 3.8) is 0 Å². The van der Waals surface area contributed by atoms with Crippen LogP contribution < -0.4 is 4.90 Å².